The highest BCUT2D eigenvalue weighted by Gasteiger charge is 2.42. The van der Waals surface area contributed by atoms with Crippen LogP contribution in [0, 0.1) is 5.82 Å². The Kier molecular flexibility index (Phi) is 4.69. The molecular formula is C14H19FN2O5S2. The van der Waals surface area contributed by atoms with Crippen molar-refractivity contribution < 1.29 is 26.0 Å². The molecule has 10 heteroatoms. The first-order chi connectivity index (χ1) is 11.2. The molecule has 24 heavy (non-hydrogen) atoms. The smallest absolute Gasteiger partial charge is 0.243 e. The molecular weight excluding hydrogens is 359 g/mol. The number of ether oxygens (including phenoxy) is 1. The molecule has 2 saturated heterocycles. The lowest BCUT2D eigenvalue weighted by Gasteiger charge is -2.44. The van der Waals surface area contributed by atoms with Gasteiger partial charge in [0.05, 0.1) is 22.9 Å². The van der Waals surface area contributed by atoms with Gasteiger partial charge in [0.25, 0.3) is 0 Å². The summed E-state index contributed by atoms with van der Waals surface area (Å²) in [6.07, 6.45) is -1.01. The standard InChI is InChI=1S/C14H19FN2O5S2/c1-2-23(18,19)16-7-12-9-17(10-13(8-16)22-12)24(20,21)14-5-3-11(15)4-6-14/h3-6,12-13H,2,7-10H2,1H3/t12-,13+. The molecule has 7 nitrogen and oxygen atoms in total. The maximum atomic E-state index is 13.0. The fourth-order valence-electron chi connectivity index (χ4n) is 2.98. The summed E-state index contributed by atoms with van der Waals surface area (Å²) in [5.74, 6) is -0.502. The van der Waals surface area contributed by atoms with E-state index in [9.17, 15) is 21.2 Å². The summed E-state index contributed by atoms with van der Waals surface area (Å²) in [6, 6.07) is 4.65. The number of hydrogen-bond donors (Lipinski definition) is 0. The van der Waals surface area contributed by atoms with E-state index in [1.165, 1.54) is 20.7 Å². The van der Waals surface area contributed by atoms with Crippen molar-refractivity contribution >= 4 is 20.0 Å². The second-order valence-electron chi connectivity index (χ2n) is 5.87. The third-order valence-electron chi connectivity index (χ3n) is 4.22. The average Bonchev–Trinajstić information content (AvgIpc) is 2.54. The molecule has 3 rings (SSSR count). The molecule has 2 bridgehead atoms. The number of halogens is 1. The van der Waals surface area contributed by atoms with Gasteiger partial charge in [-0.05, 0) is 31.2 Å². The summed E-state index contributed by atoms with van der Waals surface area (Å²) in [4.78, 5) is 0.0157. The lowest BCUT2D eigenvalue weighted by molar-refractivity contribution is -0.104. The molecule has 134 valence electrons. The second-order valence-corrected chi connectivity index (χ2v) is 10.1. The number of morpholine rings is 2. The minimum Gasteiger partial charge on any atom is -0.369 e. The quantitative estimate of drug-likeness (QED) is 0.750. The molecule has 2 fully saturated rings. The Labute approximate surface area is 141 Å². The number of hydrogen-bond acceptors (Lipinski definition) is 5. The van der Waals surface area contributed by atoms with Crippen LogP contribution in [-0.4, -0.2) is 69.6 Å². The van der Waals surface area contributed by atoms with Crippen molar-refractivity contribution in [2.24, 2.45) is 0 Å². The molecule has 1 aromatic carbocycles. The molecule has 0 aliphatic carbocycles. The Morgan fingerprint density at radius 1 is 1.00 bits per heavy atom. The molecule has 0 N–H and O–H groups in total. The van der Waals surface area contributed by atoms with Crippen LogP contribution in [0.3, 0.4) is 0 Å². The van der Waals surface area contributed by atoms with Gasteiger partial charge in [0.15, 0.2) is 0 Å². The van der Waals surface area contributed by atoms with Gasteiger partial charge in [-0.3, -0.25) is 0 Å². The summed E-state index contributed by atoms with van der Waals surface area (Å²) >= 11 is 0. The topological polar surface area (TPSA) is 84.0 Å². The molecule has 2 atom stereocenters. The second kappa shape index (κ2) is 6.34. The van der Waals surface area contributed by atoms with E-state index >= 15 is 0 Å². The number of fused-ring (bicyclic) bond motifs is 2. The molecule has 2 aliphatic heterocycles. The molecule has 0 spiro atoms. The Hall–Kier alpha value is -1.07. The van der Waals surface area contributed by atoms with Crippen LogP contribution in [0.15, 0.2) is 29.2 Å². The van der Waals surface area contributed by atoms with Crippen LogP contribution in [0.1, 0.15) is 6.92 Å². The Balaban J connectivity index is 1.79. The predicted octanol–water partition coefficient (Wildman–Crippen LogP) is 0.249. The van der Waals surface area contributed by atoms with Crippen molar-refractivity contribution in [3.63, 3.8) is 0 Å². The summed E-state index contributed by atoms with van der Waals surface area (Å²) in [5, 5.41) is 0. The van der Waals surface area contributed by atoms with Crippen LogP contribution in [0.25, 0.3) is 0 Å². The molecule has 0 aromatic heterocycles. The van der Waals surface area contributed by atoms with Gasteiger partial charge in [-0.15, -0.1) is 0 Å². The lowest BCUT2D eigenvalue weighted by Crippen LogP contribution is -2.61. The minimum absolute atomic E-state index is 0.00400. The average molecular weight is 378 g/mol. The van der Waals surface area contributed by atoms with Crippen molar-refractivity contribution in [1.29, 1.82) is 0 Å². The van der Waals surface area contributed by atoms with Crippen molar-refractivity contribution in [1.82, 2.24) is 8.61 Å². The van der Waals surface area contributed by atoms with E-state index in [0.29, 0.717) is 0 Å². The number of nitrogens with zero attached hydrogens (tertiary/aromatic N) is 2. The van der Waals surface area contributed by atoms with E-state index < -0.39 is 38.1 Å². The molecule has 0 unspecified atom stereocenters. The normalized spacial score (nSPS) is 26.4. The van der Waals surface area contributed by atoms with Gasteiger partial charge < -0.3 is 4.74 Å². The summed E-state index contributed by atoms with van der Waals surface area (Å²) < 4.78 is 70.8. The van der Waals surface area contributed by atoms with Gasteiger partial charge in [-0.2, -0.15) is 8.61 Å². The monoisotopic (exact) mass is 378 g/mol. The largest absolute Gasteiger partial charge is 0.369 e. The van der Waals surface area contributed by atoms with Crippen LogP contribution in [0.2, 0.25) is 0 Å². The van der Waals surface area contributed by atoms with Crippen LogP contribution < -0.4 is 0 Å². The lowest BCUT2D eigenvalue weighted by atomic mass is 10.2. The third kappa shape index (κ3) is 3.33. The van der Waals surface area contributed by atoms with Gasteiger partial charge in [0.2, 0.25) is 20.0 Å². The number of benzene rings is 1. The number of rotatable bonds is 4. The fourth-order valence-corrected chi connectivity index (χ4v) is 5.63. The van der Waals surface area contributed by atoms with Crippen molar-refractivity contribution in [3.05, 3.63) is 30.1 Å². The highest BCUT2D eigenvalue weighted by atomic mass is 32.2. The number of sulfonamides is 2. The molecule has 1 aromatic rings. The van der Waals surface area contributed by atoms with Gasteiger partial charge in [0.1, 0.15) is 5.82 Å². The predicted molar refractivity (Wildman–Crippen MR) is 84.9 cm³/mol. The molecule has 0 radical (unpaired) electrons. The first-order valence-electron chi connectivity index (χ1n) is 7.61. The third-order valence-corrected chi connectivity index (χ3v) is 7.88. The van der Waals surface area contributed by atoms with E-state index in [2.05, 4.69) is 0 Å². The van der Waals surface area contributed by atoms with E-state index in [4.69, 9.17) is 4.74 Å². The molecule has 2 aliphatic rings. The Bertz CT molecular complexity index is 796. The van der Waals surface area contributed by atoms with Crippen molar-refractivity contribution in [2.75, 3.05) is 31.9 Å². The maximum absolute atomic E-state index is 13.0. The van der Waals surface area contributed by atoms with Crippen molar-refractivity contribution in [2.45, 2.75) is 24.0 Å². The Morgan fingerprint density at radius 2 is 1.50 bits per heavy atom. The van der Waals surface area contributed by atoms with Gasteiger partial charge in [0, 0.05) is 26.2 Å². The Morgan fingerprint density at radius 3 is 2.00 bits per heavy atom. The summed E-state index contributed by atoms with van der Waals surface area (Å²) in [6.45, 7) is 2.01. The highest BCUT2D eigenvalue weighted by Crippen LogP contribution is 2.26. The van der Waals surface area contributed by atoms with Gasteiger partial charge >= 0.3 is 0 Å². The summed E-state index contributed by atoms with van der Waals surface area (Å²) in [7, 11) is -7.09. The van der Waals surface area contributed by atoms with Gasteiger partial charge in [-0.25, -0.2) is 21.2 Å². The molecule has 0 amide bonds. The van der Waals surface area contributed by atoms with Crippen LogP contribution >= 0.6 is 0 Å². The van der Waals surface area contributed by atoms with E-state index in [1.54, 1.807) is 6.92 Å². The summed E-state index contributed by atoms with van der Waals surface area (Å²) in [5.41, 5.74) is 0. The van der Waals surface area contributed by atoms with Crippen LogP contribution in [-0.2, 0) is 24.8 Å². The first-order valence-corrected chi connectivity index (χ1v) is 10.7. The minimum atomic E-state index is -3.76. The maximum Gasteiger partial charge on any atom is 0.243 e. The molecule has 2 heterocycles. The van der Waals surface area contributed by atoms with Gasteiger partial charge in [-0.1, -0.05) is 0 Å². The van der Waals surface area contributed by atoms with E-state index in [1.807, 2.05) is 0 Å². The van der Waals surface area contributed by atoms with Crippen LogP contribution in [0.4, 0.5) is 4.39 Å². The SMILES string of the molecule is CCS(=O)(=O)N1C[C@@H]2CN(S(=O)(=O)c3ccc(F)cc3)C[C@H](C1)O2. The molecule has 0 saturated carbocycles. The zero-order valence-electron chi connectivity index (χ0n) is 13.1. The van der Waals surface area contributed by atoms with E-state index in [-0.39, 0.29) is 36.8 Å². The van der Waals surface area contributed by atoms with Crippen LogP contribution in [0.5, 0.6) is 0 Å². The zero-order chi connectivity index (χ0) is 17.5. The zero-order valence-corrected chi connectivity index (χ0v) is 14.8. The highest BCUT2D eigenvalue weighted by molar-refractivity contribution is 7.89. The fraction of sp³-hybridized carbons (Fsp3) is 0.571. The first kappa shape index (κ1) is 17.7. The van der Waals surface area contributed by atoms with Crippen molar-refractivity contribution in [3.8, 4) is 0 Å². The van der Waals surface area contributed by atoms with E-state index in [0.717, 1.165) is 12.1 Å².